The molecule has 4 rings (SSSR count). The second kappa shape index (κ2) is 12.7. The Kier molecular flexibility index (Phi) is 9.11. The summed E-state index contributed by atoms with van der Waals surface area (Å²) < 4.78 is 5.39. The second-order valence-electron chi connectivity index (χ2n) is 7.57. The van der Waals surface area contributed by atoms with E-state index >= 15 is 0 Å². The van der Waals surface area contributed by atoms with Gasteiger partial charge in [-0.1, -0.05) is 30.3 Å². The van der Waals surface area contributed by atoms with E-state index in [2.05, 4.69) is 0 Å². The van der Waals surface area contributed by atoms with Gasteiger partial charge < -0.3 is 4.74 Å². The SMILES string of the molecule is O=C(Cl)c1ccc([N+](=O)[O-])cc1.O=C(Oc1ccc([N+](=O)[O-])cc1-c1ccccc1)c1ccc([N+](=O)[O-])cc1. The van der Waals surface area contributed by atoms with Gasteiger partial charge in [-0.25, -0.2) is 4.79 Å². The molecule has 0 aliphatic carbocycles. The molecule has 0 fully saturated rings. The van der Waals surface area contributed by atoms with Crippen molar-refractivity contribution >= 4 is 39.9 Å². The summed E-state index contributed by atoms with van der Waals surface area (Å²) in [7, 11) is 0. The molecule has 0 saturated carbocycles. The summed E-state index contributed by atoms with van der Waals surface area (Å²) in [6.07, 6.45) is 0. The number of non-ortho nitro benzene ring substituents is 3. The minimum atomic E-state index is -0.726. The van der Waals surface area contributed by atoms with E-state index in [1.54, 1.807) is 30.3 Å². The van der Waals surface area contributed by atoms with Gasteiger partial charge >= 0.3 is 5.97 Å². The van der Waals surface area contributed by atoms with Crippen LogP contribution >= 0.6 is 11.6 Å². The maximum absolute atomic E-state index is 12.4. The monoisotopic (exact) mass is 549 g/mol. The maximum Gasteiger partial charge on any atom is 0.343 e. The third-order valence-electron chi connectivity index (χ3n) is 5.08. The van der Waals surface area contributed by atoms with Crippen LogP contribution in [0, 0.1) is 30.3 Å². The minimum Gasteiger partial charge on any atom is -0.422 e. The van der Waals surface area contributed by atoms with Crippen molar-refractivity contribution in [1.82, 2.24) is 0 Å². The van der Waals surface area contributed by atoms with Crippen molar-refractivity contribution in [3.05, 3.63) is 139 Å². The molecule has 0 atom stereocenters. The van der Waals surface area contributed by atoms with E-state index in [-0.39, 0.29) is 33.9 Å². The predicted molar refractivity (Wildman–Crippen MR) is 140 cm³/mol. The summed E-state index contributed by atoms with van der Waals surface area (Å²) >= 11 is 5.13. The van der Waals surface area contributed by atoms with Crippen LogP contribution < -0.4 is 4.74 Å². The summed E-state index contributed by atoms with van der Waals surface area (Å²) in [6, 6.07) is 22.8. The molecular formula is C26H16ClN3O9. The Balaban J connectivity index is 0.000000293. The van der Waals surface area contributed by atoms with Gasteiger partial charge in [0.25, 0.3) is 22.3 Å². The largest absolute Gasteiger partial charge is 0.422 e. The Bertz CT molecular complexity index is 1510. The number of nitro groups is 3. The lowest BCUT2D eigenvalue weighted by Gasteiger charge is -2.10. The van der Waals surface area contributed by atoms with Crippen molar-refractivity contribution in [3.8, 4) is 16.9 Å². The number of hydrogen-bond acceptors (Lipinski definition) is 9. The van der Waals surface area contributed by atoms with Gasteiger partial charge in [-0.05, 0) is 47.5 Å². The number of benzene rings is 4. The molecule has 0 saturated heterocycles. The van der Waals surface area contributed by atoms with Gasteiger partial charge in [0.05, 0.1) is 20.3 Å². The van der Waals surface area contributed by atoms with Crippen LogP contribution in [0.1, 0.15) is 20.7 Å². The van der Waals surface area contributed by atoms with E-state index in [4.69, 9.17) is 16.3 Å². The fraction of sp³-hybridized carbons (Fsp3) is 0. The molecule has 0 N–H and O–H groups in total. The first-order valence-electron chi connectivity index (χ1n) is 10.8. The van der Waals surface area contributed by atoms with Crippen LogP contribution in [-0.4, -0.2) is 26.0 Å². The predicted octanol–water partition coefficient (Wildman–Crippen LogP) is 6.36. The number of nitrogens with zero attached hydrogens (tertiary/aromatic N) is 3. The van der Waals surface area contributed by atoms with Crippen LogP contribution in [0.4, 0.5) is 17.1 Å². The number of carbonyl (C=O) groups excluding carboxylic acids is 2. The normalized spacial score (nSPS) is 9.97. The molecule has 0 unspecified atom stereocenters. The van der Waals surface area contributed by atoms with E-state index in [0.29, 0.717) is 11.1 Å². The molecule has 0 spiro atoms. The van der Waals surface area contributed by atoms with E-state index in [9.17, 15) is 39.9 Å². The fourth-order valence-corrected chi connectivity index (χ4v) is 3.28. The number of nitro benzene ring substituents is 3. The zero-order valence-electron chi connectivity index (χ0n) is 19.6. The van der Waals surface area contributed by atoms with Gasteiger partial charge in [-0.3, -0.25) is 35.1 Å². The summed E-state index contributed by atoms with van der Waals surface area (Å²) in [5.41, 5.74) is 1.07. The number of halogens is 1. The Morgan fingerprint density at radius 2 is 1.08 bits per heavy atom. The molecule has 0 aliphatic heterocycles. The molecule has 0 aromatic heterocycles. The molecule has 196 valence electrons. The van der Waals surface area contributed by atoms with Gasteiger partial charge in [0.1, 0.15) is 5.75 Å². The van der Waals surface area contributed by atoms with Crippen LogP contribution in [0.3, 0.4) is 0 Å². The van der Waals surface area contributed by atoms with E-state index in [1.807, 2.05) is 0 Å². The van der Waals surface area contributed by atoms with Gasteiger partial charge in [0.2, 0.25) is 0 Å². The van der Waals surface area contributed by atoms with Gasteiger partial charge in [-0.2, -0.15) is 0 Å². The third-order valence-corrected chi connectivity index (χ3v) is 5.30. The van der Waals surface area contributed by atoms with Crippen molar-refractivity contribution in [2.45, 2.75) is 0 Å². The topological polar surface area (TPSA) is 173 Å². The highest BCUT2D eigenvalue weighted by atomic mass is 35.5. The highest BCUT2D eigenvalue weighted by molar-refractivity contribution is 6.67. The summed E-state index contributed by atoms with van der Waals surface area (Å²) in [5.74, 6) is -0.578. The maximum atomic E-state index is 12.4. The Morgan fingerprint density at radius 1 is 0.615 bits per heavy atom. The van der Waals surface area contributed by atoms with Crippen LogP contribution in [-0.2, 0) is 0 Å². The fourth-order valence-electron chi connectivity index (χ4n) is 3.16. The first-order valence-corrected chi connectivity index (χ1v) is 11.2. The van der Waals surface area contributed by atoms with E-state index < -0.39 is 26.0 Å². The number of esters is 1. The van der Waals surface area contributed by atoms with E-state index in [1.165, 1.54) is 66.7 Å². The lowest BCUT2D eigenvalue weighted by Crippen LogP contribution is -2.09. The molecule has 0 radical (unpaired) electrons. The molecule has 12 nitrogen and oxygen atoms in total. The lowest BCUT2D eigenvalue weighted by molar-refractivity contribution is -0.385. The second-order valence-corrected chi connectivity index (χ2v) is 7.92. The molecule has 0 bridgehead atoms. The molecule has 0 amide bonds. The molecule has 13 heteroatoms. The highest BCUT2D eigenvalue weighted by Crippen LogP contribution is 2.34. The average Bonchev–Trinajstić information content (AvgIpc) is 2.94. The molecule has 4 aromatic carbocycles. The Labute approximate surface area is 224 Å². The van der Waals surface area contributed by atoms with Crippen LogP contribution in [0.15, 0.2) is 97.1 Å². The average molecular weight is 550 g/mol. The first kappa shape index (κ1) is 28.1. The molecule has 0 aliphatic rings. The summed E-state index contributed by atoms with van der Waals surface area (Å²) in [6.45, 7) is 0. The van der Waals surface area contributed by atoms with Gasteiger partial charge in [-0.15, -0.1) is 0 Å². The van der Waals surface area contributed by atoms with Gasteiger partial charge in [0, 0.05) is 47.5 Å². The highest BCUT2D eigenvalue weighted by Gasteiger charge is 2.17. The van der Waals surface area contributed by atoms with Crippen molar-refractivity contribution in [2.24, 2.45) is 0 Å². The minimum absolute atomic E-state index is 0.0586. The Hall–Kier alpha value is -5.49. The Morgan fingerprint density at radius 3 is 1.54 bits per heavy atom. The van der Waals surface area contributed by atoms with Crippen LogP contribution in [0.5, 0.6) is 5.75 Å². The standard InChI is InChI=1S/C19H12N2O6.C7H4ClNO3/c22-19(14-6-8-15(9-7-14)20(23)24)27-18-11-10-16(21(25)26)12-17(18)13-4-2-1-3-5-13;8-7(10)5-1-3-6(4-2-5)9(11)12/h1-12H;1-4H. The zero-order chi connectivity index (χ0) is 28.5. The van der Waals surface area contributed by atoms with E-state index in [0.717, 1.165) is 0 Å². The quantitative estimate of drug-likeness (QED) is 0.0834. The van der Waals surface area contributed by atoms with Crippen molar-refractivity contribution < 1.29 is 29.1 Å². The lowest BCUT2D eigenvalue weighted by atomic mass is 10.0. The third kappa shape index (κ3) is 7.50. The van der Waals surface area contributed by atoms with Crippen molar-refractivity contribution in [3.63, 3.8) is 0 Å². The molecule has 4 aromatic rings. The van der Waals surface area contributed by atoms with Crippen molar-refractivity contribution in [2.75, 3.05) is 0 Å². The number of ether oxygens (including phenoxy) is 1. The summed E-state index contributed by atoms with van der Waals surface area (Å²) in [4.78, 5) is 53.2. The molecular weight excluding hydrogens is 534 g/mol. The van der Waals surface area contributed by atoms with Crippen LogP contribution in [0.2, 0.25) is 0 Å². The van der Waals surface area contributed by atoms with Crippen LogP contribution in [0.25, 0.3) is 11.1 Å². The number of carbonyl (C=O) groups is 2. The molecule has 39 heavy (non-hydrogen) atoms. The van der Waals surface area contributed by atoms with Crippen molar-refractivity contribution in [1.29, 1.82) is 0 Å². The number of rotatable bonds is 7. The zero-order valence-corrected chi connectivity index (χ0v) is 20.4. The first-order chi connectivity index (χ1) is 18.6. The molecule has 0 heterocycles. The van der Waals surface area contributed by atoms with Gasteiger partial charge in [0.15, 0.2) is 0 Å². The summed E-state index contributed by atoms with van der Waals surface area (Å²) in [5, 5.41) is 31.3. The smallest absolute Gasteiger partial charge is 0.343 e. The number of hydrogen-bond donors (Lipinski definition) is 0.